The molecule has 7 nitrogen and oxygen atoms in total. The molecule has 1 aliphatic rings. The van der Waals surface area contributed by atoms with Gasteiger partial charge in [-0.2, -0.15) is 0 Å². The molecule has 1 amide bonds. The van der Waals surface area contributed by atoms with Crippen molar-refractivity contribution in [2.45, 2.75) is 44.9 Å². The second-order valence-corrected chi connectivity index (χ2v) is 6.12. The minimum atomic E-state index is 0.0586. The number of carbonyl (C=O) groups excluding carboxylic acids is 1. The smallest absolute Gasteiger partial charge is 0.220 e. The molecule has 1 aromatic heterocycles. The van der Waals surface area contributed by atoms with Crippen LogP contribution in [-0.4, -0.2) is 40.2 Å². The van der Waals surface area contributed by atoms with Crippen molar-refractivity contribution < 1.29 is 14.3 Å². The molecule has 0 unspecified atom stereocenters. The van der Waals surface area contributed by atoms with Crippen LogP contribution < -0.4 is 10.1 Å². The van der Waals surface area contributed by atoms with Gasteiger partial charge in [-0.25, -0.2) is 0 Å². The lowest BCUT2D eigenvalue weighted by Gasteiger charge is -2.10. The summed E-state index contributed by atoms with van der Waals surface area (Å²) >= 11 is 0. The molecule has 1 saturated heterocycles. The second-order valence-electron chi connectivity index (χ2n) is 6.12. The van der Waals surface area contributed by atoms with Crippen LogP contribution >= 0.6 is 0 Å². The Hall–Kier alpha value is -2.41. The van der Waals surface area contributed by atoms with Crippen molar-refractivity contribution in [1.29, 1.82) is 0 Å². The van der Waals surface area contributed by atoms with Gasteiger partial charge >= 0.3 is 0 Å². The van der Waals surface area contributed by atoms with Crippen LogP contribution in [0.5, 0.6) is 5.75 Å². The highest BCUT2D eigenvalue weighted by Gasteiger charge is 2.15. The second kappa shape index (κ2) is 9.17. The number of para-hydroxylation sites is 1. The summed E-state index contributed by atoms with van der Waals surface area (Å²) in [6.45, 7) is 2.46. The van der Waals surface area contributed by atoms with Crippen LogP contribution in [0.25, 0.3) is 0 Å². The summed E-state index contributed by atoms with van der Waals surface area (Å²) in [7, 11) is 0. The Morgan fingerprint density at radius 2 is 2.24 bits per heavy atom. The van der Waals surface area contributed by atoms with Crippen LogP contribution in [-0.2, 0) is 22.7 Å². The third-order valence-corrected chi connectivity index (χ3v) is 4.06. The highest BCUT2D eigenvalue weighted by molar-refractivity contribution is 5.75. The Labute approximate surface area is 147 Å². The molecule has 134 valence electrons. The highest BCUT2D eigenvalue weighted by Crippen LogP contribution is 2.11. The number of rotatable bonds is 9. The summed E-state index contributed by atoms with van der Waals surface area (Å²) in [4.78, 5) is 11.8. The molecular formula is C18H24N4O3. The van der Waals surface area contributed by atoms with Crippen molar-refractivity contribution in [3.05, 3.63) is 42.2 Å². The molecule has 7 heteroatoms. The molecule has 0 bridgehead atoms. The van der Waals surface area contributed by atoms with E-state index in [0.29, 0.717) is 26.1 Å². The van der Waals surface area contributed by atoms with Crippen molar-refractivity contribution in [2.24, 2.45) is 0 Å². The maximum atomic E-state index is 11.8. The predicted octanol–water partition coefficient (Wildman–Crippen LogP) is 1.93. The minimum absolute atomic E-state index is 0.0586. The van der Waals surface area contributed by atoms with Gasteiger partial charge in [0.25, 0.3) is 0 Å². The minimum Gasteiger partial charge on any atom is -0.487 e. The summed E-state index contributed by atoms with van der Waals surface area (Å²) in [6, 6.07) is 9.60. The summed E-state index contributed by atoms with van der Waals surface area (Å²) in [5.41, 5.74) is 0.770. The molecule has 0 aliphatic carbocycles. The molecule has 1 atom stereocenters. The molecule has 3 rings (SSSR count). The lowest BCUT2D eigenvalue weighted by Crippen LogP contribution is -2.31. The zero-order valence-corrected chi connectivity index (χ0v) is 14.3. The quantitative estimate of drug-likeness (QED) is 0.752. The number of aromatic nitrogens is 3. The third-order valence-electron chi connectivity index (χ3n) is 4.06. The summed E-state index contributed by atoms with van der Waals surface area (Å²) in [5, 5.41) is 11.1. The molecule has 1 N–H and O–H groups in total. The van der Waals surface area contributed by atoms with Crippen LogP contribution in [0.3, 0.4) is 0 Å². The van der Waals surface area contributed by atoms with E-state index in [1.807, 2.05) is 36.5 Å². The molecule has 25 heavy (non-hydrogen) atoms. The van der Waals surface area contributed by atoms with Crippen molar-refractivity contribution in [3.63, 3.8) is 0 Å². The normalized spacial score (nSPS) is 16.7. The standard InChI is InChI=1S/C18H24N4O3/c23-18(19-12-17-8-5-11-24-17)9-4-10-22-13-15(20-21-22)14-25-16-6-2-1-3-7-16/h1-3,6-7,13,17H,4-5,8-12,14H2,(H,19,23)/t17-/m0/s1. The average Bonchev–Trinajstić information content (AvgIpc) is 3.31. The molecule has 2 aromatic rings. The lowest BCUT2D eigenvalue weighted by molar-refractivity contribution is -0.121. The Morgan fingerprint density at radius 3 is 3.04 bits per heavy atom. The molecule has 1 fully saturated rings. The zero-order chi connectivity index (χ0) is 17.3. The number of amides is 1. The number of carbonyl (C=O) groups is 1. The van der Waals surface area contributed by atoms with Crippen LogP contribution in [0.4, 0.5) is 0 Å². The molecule has 1 aromatic carbocycles. The Kier molecular flexibility index (Phi) is 6.39. The van der Waals surface area contributed by atoms with Crippen molar-refractivity contribution in [2.75, 3.05) is 13.2 Å². The van der Waals surface area contributed by atoms with E-state index >= 15 is 0 Å². The van der Waals surface area contributed by atoms with Gasteiger partial charge in [0.1, 0.15) is 18.1 Å². The molecule has 0 radical (unpaired) electrons. The largest absolute Gasteiger partial charge is 0.487 e. The number of ether oxygens (including phenoxy) is 2. The van der Waals surface area contributed by atoms with E-state index in [1.165, 1.54) is 0 Å². The van der Waals surface area contributed by atoms with Crippen LogP contribution in [0.15, 0.2) is 36.5 Å². The fourth-order valence-electron chi connectivity index (χ4n) is 2.71. The van der Waals surface area contributed by atoms with E-state index < -0.39 is 0 Å². The lowest BCUT2D eigenvalue weighted by atomic mass is 10.2. The summed E-state index contributed by atoms with van der Waals surface area (Å²) < 4.78 is 12.9. The van der Waals surface area contributed by atoms with Crippen LogP contribution in [0.1, 0.15) is 31.4 Å². The average molecular weight is 344 g/mol. The first-order chi connectivity index (χ1) is 12.3. The van der Waals surface area contributed by atoms with E-state index in [1.54, 1.807) is 4.68 Å². The number of nitrogens with one attached hydrogen (secondary N) is 1. The Balaban J connectivity index is 1.32. The van der Waals surface area contributed by atoms with Gasteiger partial charge in [-0.05, 0) is 31.4 Å². The van der Waals surface area contributed by atoms with E-state index in [2.05, 4.69) is 15.6 Å². The first kappa shape index (κ1) is 17.4. The maximum absolute atomic E-state index is 11.8. The number of nitrogens with zero attached hydrogens (tertiary/aromatic N) is 3. The number of hydrogen-bond donors (Lipinski definition) is 1. The van der Waals surface area contributed by atoms with E-state index in [-0.39, 0.29) is 12.0 Å². The van der Waals surface area contributed by atoms with Gasteiger partial charge in [0.05, 0.1) is 12.3 Å². The van der Waals surface area contributed by atoms with Gasteiger partial charge in [-0.3, -0.25) is 9.48 Å². The molecule has 0 saturated carbocycles. The van der Waals surface area contributed by atoms with E-state index in [9.17, 15) is 4.79 Å². The van der Waals surface area contributed by atoms with Crippen LogP contribution in [0, 0.1) is 0 Å². The van der Waals surface area contributed by atoms with E-state index in [4.69, 9.17) is 9.47 Å². The zero-order valence-electron chi connectivity index (χ0n) is 14.3. The van der Waals surface area contributed by atoms with Gasteiger partial charge in [0.15, 0.2) is 0 Å². The van der Waals surface area contributed by atoms with Gasteiger partial charge in [0.2, 0.25) is 5.91 Å². The van der Waals surface area contributed by atoms with Gasteiger partial charge in [-0.15, -0.1) is 5.10 Å². The third kappa shape index (κ3) is 5.86. The van der Waals surface area contributed by atoms with Crippen molar-refractivity contribution in [3.8, 4) is 5.75 Å². The summed E-state index contributed by atoms with van der Waals surface area (Å²) in [5.74, 6) is 0.864. The number of aryl methyl sites for hydroxylation is 1. The van der Waals surface area contributed by atoms with Gasteiger partial charge in [-0.1, -0.05) is 23.4 Å². The predicted molar refractivity (Wildman–Crippen MR) is 92.0 cm³/mol. The molecule has 2 heterocycles. The summed E-state index contributed by atoms with van der Waals surface area (Å²) in [6.07, 6.45) is 5.36. The van der Waals surface area contributed by atoms with Crippen LogP contribution in [0.2, 0.25) is 0 Å². The fraction of sp³-hybridized carbons (Fsp3) is 0.500. The number of hydrogen-bond acceptors (Lipinski definition) is 5. The van der Waals surface area contributed by atoms with Gasteiger partial charge in [0, 0.05) is 26.1 Å². The Bertz CT molecular complexity index is 653. The van der Waals surface area contributed by atoms with Gasteiger partial charge < -0.3 is 14.8 Å². The Morgan fingerprint density at radius 1 is 1.36 bits per heavy atom. The molecular weight excluding hydrogens is 320 g/mol. The van der Waals surface area contributed by atoms with E-state index in [0.717, 1.165) is 37.3 Å². The molecule has 1 aliphatic heterocycles. The fourth-order valence-corrected chi connectivity index (χ4v) is 2.71. The van der Waals surface area contributed by atoms with Crippen molar-refractivity contribution >= 4 is 5.91 Å². The monoisotopic (exact) mass is 344 g/mol. The SMILES string of the molecule is O=C(CCCn1cc(COc2ccccc2)nn1)NC[C@@H]1CCCO1. The highest BCUT2D eigenvalue weighted by atomic mass is 16.5. The first-order valence-corrected chi connectivity index (χ1v) is 8.75. The first-order valence-electron chi connectivity index (χ1n) is 8.75. The maximum Gasteiger partial charge on any atom is 0.220 e. The molecule has 0 spiro atoms. The number of benzene rings is 1. The topological polar surface area (TPSA) is 78.3 Å². The van der Waals surface area contributed by atoms with Crippen molar-refractivity contribution in [1.82, 2.24) is 20.3 Å².